The smallest absolute Gasteiger partial charge is 0.241 e. The highest BCUT2D eigenvalue weighted by Crippen LogP contribution is 2.17. The van der Waals surface area contributed by atoms with Gasteiger partial charge < -0.3 is 10.2 Å². The van der Waals surface area contributed by atoms with E-state index in [0.29, 0.717) is 17.1 Å². The van der Waals surface area contributed by atoms with Crippen molar-refractivity contribution in [1.29, 1.82) is 5.26 Å². The number of nitriles is 1. The average molecular weight is 247 g/mol. The van der Waals surface area contributed by atoms with Gasteiger partial charge in [0.15, 0.2) is 0 Å². The minimum Gasteiger partial charge on any atom is -0.360 e. The van der Waals surface area contributed by atoms with Crippen LogP contribution in [0.25, 0.3) is 0 Å². The summed E-state index contributed by atoms with van der Waals surface area (Å²) in [6.45, 7) is 3.69. The highest BCUT2D eigenvalue weighted by molar-refractivity contribution is 5.81. The molecule has 1 aromatic heterocycles. The number of carbonyl (C=O) groups excluding carboxylic acids is 1. The van der Waals surface area contributed by atoms with E-state index in [1.54, 1.807) is 18.7 Å². The van der Waals surface area contributed by atoms with E-state index in [1.807, 2.05) is 4.90 Å². The van der Waals surface area contributed by atoms with E-state index in [-0.39, 0.29) is 12.5 Å². The van der Waals surface area contributed by atoms with Gasteiger partial charge in [-0.1, -0.05) is 0 Å². The molecule has 1 aromatic rings. The van der Waals surface area contributed by atoms with Crippen molar-refractivity contribution >= 4 is 11.7 Å². The molecule has 6 nitrogen and oxygen atoms in total. The van der Waals surface area contributed by atoms with Crippen molar-refractivity contribution in [2.45, 2.75) is 19.8 Å². The Hall–Kier alpha value is -2.03. The first kappa shape index (κ1) is 12.4. The summed E-state index contributed by atoms with van der Waals surface area (Å²) in [6.07, 6.45) is 2.17. The highest BCUT2D eigenvalue weighted by atomic mass is 16.2. The Labute approximate surface area is 106 Å². The van der Waals surface area contributed by atoms with Crippen molar-refractivity contribution in [3.8, 4) is 6.07 Å². The molecule has 0 saturated carbocycles. The summed E-state index contributed by atoms with van der Waals surface area (Å²) in [5, 5.41) is 16.2. The molecule has 0 radical (unpaired) electrons. The second-order valence-electron chi connectivity index (χ2n) is 4.49. The lowest BCUT2D eigenvalue weighted by Gasteiger charge is -2.16. The molecular weight excluding hydrogens is 230 g/mol. The molecule has 1 fully saturated rings. The number of nitrogens with zero attached hydrogens (tertiary/aromatic N) is 4. The molecule has 1 aliphatic rings. The molecule has 0 spiro atoms. The van der Waals surface area contributed by atoms with Gasteiger partial charge in [-0.25, -0.2) is 0 Å². The van der Waals surface area contributed by atoms with Gasteiger partial charge in [0.1, 0.15) is 17.5 Å². The van der Waals surface area contributed by atoms with Gasteiger partial charge in [0.05, 0.1) is 12.2 Å². The maximum atomic E-state index is 11.9. The lowest BCUT2D eigenvalue weighted by atomic mass is 10.2. The zero-order chi connectivity index (χ0) is 13.1. The van der Waals surface area contributed by atoms with Crippen molar-refractivity contribution in [2.75, 3.05) is 25.0 Å². The normalized spacial score (nSPS) is 14.6. The molecule has 1 amide bonds. The maximum Gasteiger partial charge on any atom is 0.241 e. The minimum atomic E-state index is 0.0789. The van der Waals surface area contributed by atoms with Crippen LogP contribution in [0.3, 0.4) is 0 Å². The summed E-state index contributed by atoms with van der Waals surface area (Å²) in [5.41, 5.74) is 1.18. The number of aromatic nitrogens is 2. The van der Waals surface area contributed by atoms with Crippen molar-refractivity contribution in [2.24, 2.45) is 7.05 Å². The van der Waals surface area contributed by atoms with Crippen LogP contribution in [0, 0.1) is 18.3 Å². The number of carbonyl (C=O) groups is 1. The molecule has 0 aromatic carbocycles. The van der Waals surface area contributed by atoms with Crippen LogP contribution in [0.15, 0.2) is 0 Å². The van der Waals surface area contributed by atoms with Gasteiger partial charge in [-0.3, -0.25) is 9.48 Å². The molecule has 2 heterocycles. The predicted octanol–water partition coefficient (Wildman–Crippen LogP) is 0.634. The molecule has 2 rings (SSSR count). The summed E-state index contributed by atoms with van der Waals surface area (Å²) >= 11 is 0. The topological polar surface area (TPSA) is 74.0 Å². The van der Waals surface area contributed by atoms with Gasteiger partial charge in [0.2, 0.25) is 5.91 Å². The van der Waals surface area contributed by atoms with Gasteiger partial charge in [-0.2, -0.15) is 10.4 Å². The van der Waals surface area contributed by atoms with E-state index in [0.717, 1.165) is 25.9 Å². The monoisotopic (exact) mass is 247 g/mol. The third-order valence-corrected chi connectivity index (χ3v) is 3.20. The molecule has 1 N–H and O–H groups in total. The Morgan fingerprint density at radius 3 is 2.78 bits per heavy atom. The Bertz CT molecular complexity index is 493. The van der Waals surface area contributed by atoms with E-state index in [1.165, 1.54) is 0 Å². The van der Waals surface area contributed by atoms with Crippen LogP contribution >= 0.6 is 0 Å². The van der Waals surface area contributed by atoms with Gasteiger partial charge >= 0.3 is 0 Å². The zero-order valence-corrected chi connectivity index (χ0v) is 10.7. The van der Waals surface area contributed by atoms with E-state index >= 15 is 0 Å². The standard InChI is InChI=1S/C12H17N5O/c1-9-10(7-13)12(16(2)15-9)14-8-11(18)17-5-3-4-6-17/h14H,3-6,8H2,1-2H3. The Morgan fingerprint density at radius 1 is 1.50 bits per heavy atom. The first-order chi connectivity index (χ1) is 8.63. The van der Waals surface area contributed by atoms with Gasteiger partial charge in [0, 0.05) is 20.1 Å². The fourth-order valence-corrected chi connectivity index (χ4v) is 2.23. The SMILES string of the molecule is Cc1nn(C)c(NCC(=O)N2CCCC2)c1C#N. The average Bonchev–Trinajstić information content (AvgIpc) is 2.94. The van der Waals surface area contributed by atoms with Crippen LogP contribution in [0.1, 0.15) is 24.1 Å². The molecule has 6 heteroatoms. The Balaban J connectivity index is 2.02. The van der Waals surface area contributed by atoms with Gasteiger partial charge in [-0.15, -0.1) is 0 Å². The van der Waals surface area contributed by atoms with Crippen LogP contribution in [-0.4, -0.2) is 40.2 Å². The molecule has 0 aliphatic carbocycles. The number of nitrogens with one attached hydrogen (secondary N) is 1. The minimum absolute atomic E-state index is 0.0789. The number of hydrogen-bond acceptors (Lipinski definition) is 4. The quantitative estimate of drug-likeness (QED) is 0.850. The number of likely N-dealkylation sites (tertiary alicyclic amines) is 1. The predicted molar refractivity (Wildman–Crippen MR) is 67.0 cm³/mol. The molecule has 0 bridgehead atoms. The van der Waals surface area contributed by atoms with Crippen molar-refractivity contribution < 1.29 is 4.79 Å². The number of amides is 1. The fraction of sp³-hybridized carbons (Fsp3) is 0.583. The van der Waals surface area contributed by atoms with Gasteiger partial charge in [-0.05, 0) is 19.8 Å². The van der Waals surface area contributed by atoms with Crippen molar-refractivity contribution in [3.63, 3.8) is 0 Å². The third kappa shape index (κ3) is 2.30. The second-order valence-corrected chi connectivity index (χ2v) is 4.49. The van der Waals surface area contributed by atoms with Crippen molar-refractivity contribution in [1.82, 2.24) is 14.7 Å². The Morgan fingerprint density at radius 2 is 2.17 bits per heavy atom. The molecular formula is C12H17N5O. The molecule has 96 valence electrons. The maximum absolute atomic E-state index is 11.9. The van der Waals surface area contributed by atoms with Crippen molar-refractivity contribution in [3.05, 3.63) is 11.3 Å². The molecule has 18 heavy (non-hydrogen) atoms. The molecule has 0 unspecified atom stereocenters. The summed E-state index contributed by atoms with van der Waals surface area (Å²) in [4.78, 5) is 13.7. The van der Waals surface area contributed by atoms with E-state index in [9.17, 15) is 4.79 Å². The summed E-state index contributed by atoms with van der Waals surface area (Å²) in [5.74, 6) is 0.692. The third-order valence-electron chi connectivity index (χ3n) is 3.20. The van der Waals surface area contributed by atoms with E-state index < -0.39 is 0 Å². The number of aryl methyl sites for hydroxylation is 2. The lowest BCUT2D eigenvalue weighted by Crippen LogP contribution is -2.33. The summed E-state index contributed by atoms with van der Waals surface area (Å²) < 4.78 is 1.60. The summed E-state index contributed by atoms with van der Waals surface area (Å²) in [6, 6.07) is 2.11. The second kappa shape index (κ2) is 5.08. The first-order valence-corrected chi connectivity index (χ1v) is 6.09. The van der Waals surface area contributed by atoms with Crippen LogP contribution in [-0.2, 0) is 11.8 Å². The fourth-order valence-electron chi connectivity index (χ4n) is 2.23. The van der Waals surface area contributed by atoms with Gasteiger partial charge in [0.25, 0.3) is 0 Å². The van der Waals surface area contributed by atoms with Crippen LogP contribution in [0.4, 0.5) is 5.82 Å². The zero-order valence-electron chi connectivity index (χ0n) is 10.7. The van der Waals surface area contributed by atoms with Crippen LogP contribution in [0.5, 0.6) is 0 Å². The van der Waals surface area contributed by atoms with Crippen LogP contribution < -0.4 is 5.32 Å². The largest absolute Gasteiger partial charge is 0.360 e. The number of hydrogen-bond donors (Lipinski definition) is 1. The summed E-state index contributed by atoms with van der Waals surface area (Å²) in [7, 11) is 1.76. The van der Waals surface area contributed by atoms with Crippen LogP contribution in [0.2, 0.25) is 0 Å². The Kier molecular flexibility index (Phi) is 3.51. The number of rotatable bonds is 3. The molecule has 0 atom stereocenters. The highest BCUT2D eigenvalue weighted by Gasteiger charge is 2.19. The molecule has 1 saturated heterocycles. The van der Waals surface area contributed by atoms with E-state index in [2.05, 4.69) is 16.5 Å². The molecule has 1 aliphatic heterocycles. The van der Waals surface area contributed by atoms with E-state index in [4.69, 9.17) is 5.26 Å². The first-order valence-electron chi connectivity index (χ1n) is 6.09. The number of anilines is 1. The lowest BCUT2D eigenvalue weighted by molar-refractivity contribution is -0.128.